The lowest BCUT2D eigenvalue weighted by Crippen LogP contribution is -2.82. The molecule has 1 rings (SSSR count). The maximum absolute atomic E-state index is 12.7. The first-order chi connectivity index (χ1) is 8.72. The molecular formula is C14H21FNO2+. The summed E-state index contributed by atoms with van der Waals surface area (Å²) in [4.78, 5) is 11.1. The van der Waals surface area contributed by atoms with Crippen LogP contribution in [0, 0.1) is 5.82 Å². The summed E-state index contributed by atoms with van der Waals surface area (Å²) in [6, 6.07) is 6.54. The van der Waals surface area contributed by atoms with Gasteiger partial charge in [0.2, 0.25) is 0 Å². The lowest BCUT2D eigenvalue weighted by molar-refractivity contribution is -0.670. The van der Waals surface area contributed by atoms with Crippen LogP contribution in [-0.2, 0) is 16.1 Å². The standard InChI is InChI=1S/C14H20FNO2/c1-2-18-14(17)5-3-4-10-16-11-12-6-8-13(15)9-7-12/h6-9,16H,2-5,10-11H2,1H3/p+1. The van der Waals surface area contributed by atoms with E-state index in [4.69, 9.17) is 4.74 Å². The van der Waals surface area contributed by atoms with Gasteiger partial charge in [-0.05, 0) is 31.9 Å². The number of unbranched alkanes of at least 4 members (excludes halogenated alkanes) is 1. The van der Waals surface area contributed by atoms with E-state index >= 15 is 0 Å². The third-order valence-electron chi connectivity index (χ3n) is 2.64. The average Bonchev–Trinajstić information content (AvgIpc) is 2.36. The van der Waals surface area contributed by atoms with E-state index in [1.54, 1.807) is 12.1 Å². The third-order valence-corrected chi connectivity index (χ3v) is 2.64. The van der Waals surface area contributed by atoms with Crippen LogP contribution < -0.4 is 5.32 Å². The molecule has 0 amide bonds. The van der Waals surface area contributed by atoms with Crippen molar-refractivity contribution in [2.45, 2.75) is 32.7 Å². The van der Waals surface area contributed by atoms with Gasteiger partial charge in [0.25, 0.3) is 0 Å². The molecular weight excluding hydrogens is 233 g/mol. The molecule has 100 valence electrons. The monoisotopic (exact) mass is 254 g/mol. The molecule has 0 radical (unpaired) electrons. The van der Waals surface area contributed by atoms with E-state index in [9.17, 15) is 9.18 Å². The first kappa shape index (κ1) is 14.6. The van der Waals surface area contributed by atoms with Gasteiger partial charge < -0.3 is 10.1 Å². The number of carbonyl (C=O) groups is 1. The molecule has 0 saturated heterocycles. The van der Waals surface area contributed by atoms with E-state index < -0.39 is 0 Å². The lowest BCUT2D eigenvalue weighted by Gasteiger charge is -2.03. The molecule has 18 heavy (non-hydrogen) atoms. The Hall–Kier alpha value is -1.42. The van der Waals surface area contributed by atoms with Gasteiger partial charge in [-0.25, -0.2) is 4.39 Å². The molecule has 3 nitrogen and oxygen atoms in total. The van der Waals surface area contributed by atoms with Crippen LogP contribution in [0.3, 0.4) is 0 Å². The van der Waals surface area contributed by atoms with Crippen molar-refractivity contribution < 1.29 is 19.2 Å². The second-order valence-corrected chi connectivity index (χ2v) is 4.17. The summed E-state index contributed by atoms with van der Waals surface area (Å²) in [5.41, 5.74) is 1.11. The van der Waals surface area contributed by atoms with E-state index in [0.717, 1.165) is 31.5 Å². The maximum Gasteiger partial charge on any atom is 0.305 e. The quantitative estimate of drug-likeness (QED) is 0.566. The lowest BCUT2D eigenvalue weighted by atomic mass is 10.2. The number of nitrogens with two attached hydrogens (primary N) is 1. The average molecular weight is 254 g/mol. The molecule has 0 heterocycles. The Balaban J connectivity index is 2.02. The molecule has 1 aromatic carbocycles. The molecule has 0 atom stereocenters. The molecule has 0 unspecified atom stereocenters. The van der Waals surface area contributed by atoms with Gasteiger partial charge in [0.15, 0.2) is 0 Å². The SMILES string of the molecule is CCOC(=O)CCCC[NH2+]Cc1ccc(F)cc1. The number of benzene rings is 1. The van der Waals surface area contributed by atoms with Crippen LogP contribution in [0.5, 0.6) is 0 Å². The van der Waals surface area contributed by atoms with Gasteiger partial charge >= 0.3 is 5.97 Å². The zero-order valence-corrected chi connectivity index (χ0v) is 10.8. The van der Waals surface area contributed by atoms with Crippen molar-refractivity contribution in [1.29, 1.82) is 0 Å². The minimum atomic E-state index is -0.201. The van der Waals surface area contributed by atoms with Crippen molar-refractivity contribution in [3.8, 4) is 0 Å². The van der Waals surface area contributed by atoms with Crippen molar-refractivity contribution in [2.75, 3.05) is 13.2 Å². The largest absolute Gasteiger partial charge is 0.466 e. The molecule has 1 aromatic rings. The number of ether oxygens (including phenoxy) is 1. The van der Waals surface area contributed by atoms with Gasteiger partial charge in [-0.1, -0.05) is 12.1 Å². The second kappa shape index (κ2) is 8.64. The molecule has 0 aromatic heterocycles. The summed E-state index contributed by atoms with van der Waals surface area (Å²) in [5, 5.41) is 2.17. The van der Waals surface area contributed by atoms with E-state index in [0.29, 0.717) is 13.0 Å². The molecule has 2 N–H and O–H groups in total. The van der Waals surface area contributed by atoms with Gasteiger partial charge in [0.05, 0.1) is 13.2 Å². The Morgan fingerprint density at radius 1 is 1.28 bits per heavy atom. The van der Waals surface area contributed by atoms with Crippen molar-refractivity contribution in [1.82, 2.24) is 0 Å². The highest BCUT2D eigenvalue weighted by Crippen LogP contribution is 2.00. The highest BCUT2D eigenvalue weighted by Gasteiger charge is 2.01. The number of hydrogen-bond donors (Lipinski definition) is 1. The number of rotatable bonds is 8. The topological polar surface area (TPSA) is 42.9 Å². The van der Waals surface area contributed by atoms with Gasteiger partial charge in [-0.2, -0.15) is 0 Å². The fourth-order valence-corrected chi connectivity index (χ4v) is 1.68. The summed E-state index contributed by atoms with van der Waals surface area (Å²) in [7, 11) is 0. The molecule has 0 aliphatic carbocycles. The van der Waals surface area contributed by atoms with Gasteiger partial charge in [0, 0.05) is 12.0 Å². The third kappa shape index (κ3) is 6.35. The zero-order chi connectivity index (χ0) is 13.2. The summed E-state index contributed by atoms with van der Waals surface area (Å²) in [6.07, 6.45) is 2.34. The Labute approximate surface area is 107 Å². The molecule has 0 aliphatic heterocycles. The fourth-order valence-electron chi connectivity index (χ4n) is 1.68. The summed E-state index contributed by atoms with van der Waals surface area (Å²) in [6.45, 7) is 4.08. The van der Waals surface area contributed by atoms with Crippen LogP contribution in [0.2, 0.25) is 0 Å². The van der Waals surface area contributed by atoms with Crippen molar-refractivity contribution in [3.63, 3.8) is 0 Å². The van der Waals surface area contributed by atoms with Crippen LogP contribution in [0.4, 0.5) is 4.39 Å². The molecule has 4 heteroatoms. The minimum absolute atomic E-state index is 0.115. The van der Waals surface area contributed by atoms with E-state index in [2.05, 4.69) is 5.32 Å². The smallest absolute Gasteiger partial charge is 0.305 e. The Morgan fingerprint density at radius 3 is 2.67 bits per heavy atom. The van der Waals surface area contributed by atoms with Crippen LogP contribution in [-0.4, -0.2) is 19.1 Å². The molecule has 0 aliphatic rings. The van der Waals surface area contributed by atoms with Gasteiger partial charge in [-0.3, -0.25) is 4.79 Å². The summed E-state index contributed by atoms with van der Waals surface area (Å²) < 4.78 is 17.5. The van der Waals surface area contributed by atoms with E-state index in [1.165, 1.54) is 12.1 Å². The first-order valence-electron chi connectivity index (χ1n) is 6.44. The highest BCUT2D eigenvalue weighted by molar-refractivity contribution is 5.69. The highest BCUT2D eigenvalue weighted by atomic mass is 19.1. The first-order valence-corrected chi connectivity index (χ1v) is 6.44. The molecule has 0 spiro atoms. The van der Waals surface area contributed by atoms with E-state index in [-0.39, 0.29) is 11.8 Å². The number of quaternary nitrogens is 1. The maximum atomic E-state index is 12.7. The minimum Gasteiger partial charge on any atom is -0.466 e. The Kier molecular flexibility index (Phi) is 7.03. The summed E-state index contributed by atoms with van der Waals surface area (Å²) in [5.74, 6) is -0.316. The predicted octanol–water partition coefficient (Wildman–Crippen LogP) is 1.62. The second-order valence-electron chi connectivity index (χ2n) is 4.17. The van der Waals surface area contributed by atoms with Gasteiger partial charge in [-0.15, -0.1) is 0 Å². The summed E-state index contributed by atoms with van der Waals surface area (Å²) >= 11 is 0. The fraction of sp³-hybridized carbons (Fsp3) is 0.500. The number of esters is 1. The predicted molar refractivity (Wildman–Crippen MR) is 67.4 cm³/mol. The normalized spacial score (nSPS) is 10.3. The number of carbonyl (C=O) groups excluding carboxylic acids is 1. The van der Waals surface area contributed by atoms with Crippen LogP contribution >= 0.6 is 0 Å². The molecule has 0 saturated carbocycles. The Morgan fingerprint density at radius 2 is 2.00 bits per heavy atom. The molecule has 0 bridgehead atoms. The van der Waals surface area contributed by atoms with Crippen molar-refractivity contribution in [3.05, 3.63) is 35.6 Å². The zero-order valence-electron chi connectivity index (χ0n) is 10.8. The number of halogens is 1. The van der Waals surface area contributed by atoms with Crippen LogP contribution in [0.25, 0.3) is 0 Å². The van der Waals surface area contributed by atoms with Crippen molar-refractivity contribution >= 4 is 5.97 Å². The Bertz CT molecular complexity index is 351. The van der Waals surface area contributed by atoms with Crippen molar-refractivity contribution in [2.24, 2.45) is 0 Å². The number of hydrogen-bond acceptors (Lipinski definition) is 2. The van der Waals surface area contributed by atoms with Gasteiger partial charge in [0.1, 0.15) is 12.4 Å². The molecule has 0 fully saturated rings. The van der Waals surface area contributed by atoms with Crippen LogP contribution in [0.15, 0.2) is 24.3 Å². The van der Waals surface area contributed by atoms with Crippen LogP contribution in [0.1, 0.15) is 31.7 Å². The van der Waals surface area contributed by atoms with E-state index in [1.807, 2.05) is 6.92 Å².